The van der Waals surface area contributed by atoms with Gasteiger partial charge in [-0.25, -0.2) is 4.98 Å². The van der Waals surface area contributed by atoms with Crippen molar-refractivity contribution in [1.82, 2.24) is 15.6 Å². The third-order valence-corrected chi connectivity index (χ3v) is 3.15. The van der Waals surface area contributed by atoms with E-state index >= 15 is 0 Å². The zero-order valence-electron chi connectivity index (χ0n) is 12.3. The Kier molecular flexibility index (Phi) is 5.46. The minimum atomic E-state index is -4.38. The molecule has 1 heterocycles. The van der Waals surface area contributed by atoms with Crippen LogP contribution in [0.3, 0.4) is 0 Å². The molecular weight excluding hydrogens is 297 g/mol. The van der Waals surface area contributed by atoms with Crippen LogP contribution in [0, 0.1) is 5.92 Å². The highest BCUT2D eigenvalue weighted by Gasteiger charge is 2.29. The molecule has 0 spiro atoms. The monoisotopic (exact) mass is 316 g/mol. The van der Waals surface area contributed by atoms with Crippen molar-refractivity contribution >= 4 is 5.96 Å². The minimum Gasteiger partial charge on any atom is -0.468 e. The van der Waals surface area contributed by atoms with E-state index in [-0.39, 0.29) is 12.4 Å². The Labute approximate surface area is 127 Å². The highest BCUT2D eigenvalue weighted by Crippen LogP contribution is 2.27. The number of halogens is 3. The predicted octanol–water partition coefficient (Wildman–Crippen LogP) is 2.10. The molecule has 22 heavy (non-hydrogen) atoms. The van der Waals surface area contributed by atoms with E-state index in [2.05, 4.69) is 20.6 Å². The van der Waals surface area contributed by atoms with Gasteiger partial charge < -0.3 is 15.4 Å². The number of pyridine rings is 1. The smallest absolute Gasteiger partial charge is 0.422 e. The van der Waals surface area contributed by atoms with E-state index in [1.54, 1.807) is 19.2 Å². The summed E-state index contributed by atoms with van der Waals surface area (Å²) in [7, 11) is 1.65. The summed E-state index contributed by atoms with van der Waals surface area (Å²) in [5, 5.41) is 6.22. The lowest BCUT2D eigenvalue weighted by atomic mass is 10.2. The second kappa shape index (κ2) is 7.33. The van der Waals surface area contributed by atoms with E-state index in [1.807, 2.05) is 0 Å². The van der Waals surface area contributed by atoms with Gasteiger partial charge in [-0.2, -0.15) is 13.2 Å². The number of aromatic nitrogens is 1. The first-order valence-corrected chi connectivity index (χ1v) is 7.06. The molecule has 0 radical (unpaired) electrons. The van der Waals surface area contributed by atoms with Crippen molar-refractivity contribution in [2.24, 2.45) is 10.9 Å². The van der Waals surface area contributed by atoms with E-state index in [1.165, 1.54) is 19.0 Å². The van der Waals surface area contributed by atoms with Gasteiger partial charge >= 0.3 is 6.18 Å². The summed E-state index contributed by atoms with van der Waals surface area (Å²) < 4.78 is 41.4. The maximum atomic E-state index is 12.2. The summed E-state index contributed by atoms with van der Waals surface area (Å²) in [6, 6.07) is 3.32. The summed E-state index contributed by atoms with van der Waals surface area (Å²) in [4.78, 5) is 7.92. The first-order chi connectivity index (χ1) is 10.5. The van der Waals surface area contributed by atoms with E-state index in [0.29, 0.717) is 17.4 Å². The molecular formula is C14H19F3N4O. The van der Waals surface area contributed by atoms with Crippen LogP contribution in [0.4, 0.5) is 13.2 Å². The van der Waals surface area contributed by atoms with Gasteiger partial charge in [-0.1, -0.05) is 6.07 Å². The largest absolute Gasteiger partial charge is 0.468 e. The van der Waals surface area contributed by atoms with Gasteiger partial charge in [0.05, 0.1) is 0 Å². The van der Waals surface area contributed by atoms with Crippen molar-refractivity contribution in [3.8, 4) is 5.88 Å². The Hall–Kier alpha value is -1.99. The topological polar surface area (TPSA) is 58.5 Å². The van der Waals surface area contributed by atoms with Crippen molar-refractivity contribution in [1.29, 1.82) is 0 Å². The molecule has 2 rings (SSSR count). The van der Waals surface area contributed by atoms with Crippen LogP contribution in [0.5, 0.6) is 5.88 Å². The molecule has 0 bridgehead atoms. The van der Waals surface area contributed by atoms with E-state index in [0.717, 1.165) is 6.54 Å². The molecule has 2 N–H and O–H groups in total. The highest BCUT2D eigenvalue weighted by atomic mass is 19.4. The van der Waals surface area contributed by atoms with Crippen molar-refractivity contribution < 1.29 is 17.9 Å². The normalized spacial score (nSPS) is 15.5. The second-order valence-corrected chi connectivity index (χ2v) is 5.12. The SMILES string of the molecule is CN=C(NCc1cccnc1OCC(F)(F)F)NCC1CC1. The average Bonchev–Trinajstić information content (AvgIpc) is 3.29. The van der Waals surface area contributed by atoms with Gasteiger partial charge in [-0.05, 0) is 24.8 Å². The number of nitrogens with zero attached hydrogens (tertiary/aromatic N) is 2. The van der Waals surface area contributed by atoms with E-state index in [9.17, 15) is 13.2 Å². The molecule has 1 aliphatic carbocycles. The lowest BCUT2D eigenvalue weighted by Crippen LogP contribution is -2.38. The van der Waals surface area contributed by atoms with Gasteiger partial charge in [0, 0.05) is 31.9 Å². The summed E-state index contributed by atoms with van der Waals surface area (Å²) in [6.07, 6.45) is -0.538. The molecule has 0 aliphatic heterocycles. The molecule has 1 aromatic heterocycles. The van der Waals surface area contributed by atoms with Gasteiger partial charge in [0.1, 0.15) is 0 Å². The Bertz CT molecular complexity index is 515. The van der Waals surface area contributed by atoms with Gasteiger partial charge in [-0.15, -0.1) is 0 Å². The fraction of sp³-hybridized carbons (Fsp3) is 0.571. The van der Waals surface area contributed by atoms with Crippen molar-refractivity contribution in [3.63, 3.8) is 0 Å². The standard InChI is InChI=1S/C14H19F3N4O/c1-18-13(20-7-10-4-5-10)21-8-11-3-2-6-19-12(11)22-9-14(15,16)17/h2-3,6,10H,4-5,7-9H2,1H3,(H2,18,20,21). The number of hydrogen-bond donors (Lipinski definition) is 2. The third kappa shape index (κ3) is 5.79. The number of nitrogens with one attached hydrogen (secondary N) is 2. The molecule has 5 nitrogen and oxygen atoms in total. The Morgan fingerprint density at radius 2 is 2.18 bits per heavy atom. The number of hydrogen-bond acceptors (Lipinski definition) is 3. The predicted molar refractivity (Wildman–Crippen MR) is 76.7 cm³/mol. The van der Waals surface area contributed by atoms with Crippen LogP contribution in [-0.2, 0) is 6.54 Å². The summed E-state index contributed by atoms with van der Waals surface area (Å²) in [5.41, 5.74) is 0.543. The molecule has 1 aromatic rings. The van der Waals surface area contributed by atoms with Crippen LogP contribution in [0.2, 0.25) is 0 Å². The molecule has 122 valence electrons. The van der Waals surface area contributed by atoms with Crippen LogP contribution in [0.1, 0.15) is 18.4 Å². The molecule has 1 fully saturated rings. The summed E-state index contributed by atoms with van der Waals surface area (Å²) in [5.74, 6) is 1.28. The van der Waals surface area contributed by atoms with Crippen LogP contribution in [0.25, 0.3) is 0 Å². The molecule has 0 atom stereocenters. The quantitative estimate of drug-likeness (QED) is 0.623. The second-order valence-electron chi connectivity index (χ2n) is 5.12. The molecule has 0 aromatic carbocycles. The van der Waals surface area contributed by atoms with Crippen LogP contribution >= 0.6 is 0 Å². The van der Waals surface area contributed by atoms with E-state index in [4.69, 9.17) is 4.74 Å². The average molecular weight is 316 g/mol. The third-order valence-electron chi connectivity index (χ3n) is 3.15. The van der Waals surface area contributed by atoms with Crippen molar-refractivity contribution in [2.45, 2.75) is 25.6 Å². The number of ether oxygens (including phenoxy) is 1. The number of aliphatic imine (C=N–C) groups is 1. The molecule has 1 aliphatic rings. The van der Waals surface area contributed by atoms with E-state index < -0.39 is 12.8 Å². The molecule has 0 saturated heterocycles. The first kappa shape index (κ1) is 16.4. The molecule has 0 unspecified atom stereocenters. The maximum Gasteiger partial charge on any atom is 0.422 e. The molecule has 8 heteroatoms. The van der Waals surface area contributed by atoms with Crippen LogP contribution in [0.15, 0.2) is 23.3 Å². The fourth-order valence-electron chi connectivity index (χ4n) is 1.80. The summed E-state index contributed by atoms with van der Waals surface area (Å²) >= 11 is 0. The zero-order chi connectivity index (χ0) is 16.0. The number of guanidine groups is 1. The number of rotatable bonds is 6. The Morgan fingerprint density at radius 3 is 2.82 bits per heavy atom. The van der Waals surface area contributed by atoms with Gasteiger partial charge in [0.15, 0.2) is 12.6 Å². The summed E-state index contributed by atoms with van der Waals surface area (Å²) in [6.45, 7) is -0.221. The van der Waals surface area contributed by atoms with Gasteiger partial charge in [-0.3, -0.25) is 4.99 Å². The van der Waals surface area contributed by atoms with Crippen LogP contribution in [-0.4, -0.2) is 37.3 Å². The highest BCUT2D eigenvalue weighted by molar-refractivity contribution is 5.79. The lowest BCUT2D eigenvalue weighted by molar-refractivity contribution is -0.154. The first-order valence-electron chi connectivity index (χ1n) is 7.06. The minimum absolute atomic E-state index is 0.0232. The lowest BCUT2D eigenvalue weighted by Gasteiger charge is -2.14. The van der Waals surface area contributed by atoms with Crippen molar-refractivity contribution in [2.75, 3.05) is 20.2 Å². The maximum absolute atomic E-state index is 12.2. The van der Waals surface area contributed by atoms with Gasteiger partial charge in [0.25, 0.3) is 0 Å². The number of alkyl halides is 3. The Balaban J connectivity index is 1.87. The molecule has 0 amide bonds. The zero-order valence-corrected chi connectivity index (χ0v) is 12.3. The molecule has 1 saturated carbocycles. The van der Waals surface area contributed by atoms with Gasteiger partial charge in [0.2, 0.25) is 5.88 Å². The van der Waals surface area contributed by atoms with Crippen molar-refractivity contribution in [3.05, 3.63) is 23.9 Å². The van der Waals surface area contributed by atoms with Crippen LogP contribution < -0.4 is 15.4 Å². The Morgan fingerprint density at radius 1 is 1.41 bits per heavy atom. The fourth-order valence-corrected chi connectivity index (χ4v) is 1.80.